The summed E-state index contributed by atoms with van der Waals surface area (Å²) in [6, 6.07) is 2.12. The summed E-state index contributed by atoms with van der Waals surface area (Å²) in [4.78, 5) is 20.9. The Morgan fingerprint density at radius 1 is 1.62 bits per heavy atom. The Bertz CT molecular complexity index is 449. The molecule has 86 valence electrons. The van der Waals surface area contributed by atoms with E-state index in [-0.39, 0.29) is 11.1 Å². The first-order chi connectivity index (χ1) is 7.47. The summed E-state index contributed by atoms with van der Waals surface area (Å²) < 4.78 is 18.3. The van der Waals surface area contributed by atoms with Gasteiger partial charge in [-0.3, -0.25) is 10.1 Å². The van der Waals surface area contributed by atoms with Gasteiger partial charge >= 0.3 is 11.7 Å². The van der Waals surface area contributed by atoms with Gasteiger partial charge < -0.3 is 4.74 Å². The number of nitrogens with zero attached hydrogens (tertiary/aromatic N) is 1. The normalized spacial score (nSPS) is 9.94. The van der Waals surface area contributed by atoms with Crippen LogP contribution in [-0.2, 0) is 4.74 Å². The first-order valence-electron chi connectivity index (χ1n) is 4.28. The molecule has 0 aliphatic rings. The van der Waals surface area contributed by atoms with Gasteiger partial charge in [-0.15, -0.1) is 0 Å². The van der Waals surface area contributed by atoms with E-state index in [1.165, 1.54) is 0 Å². The van der Waals surface area contributed by atoms with Crippen LogP contribution in [-0.4, -0.2) is 17.5 Å². The molecule has 0 unspecified atom stereocenters. The molecule has 0 aromatic heterocycles. The predicted octanol–water partition coefficient (Wildman–Crippen LogP) is 2.67. The molecular weight excluding hydrogens is 285 g/mol. The molecule has 1 aromatic carbocycles. The lowest BCUT2D eigenvalue weighted by Crippen LogP contribution is -2.09. The Hall–Kier alpha value is -1.50. The van der Waals surface area contributed by atoms with Crippen LogP contribution >= 0.6 is 15.9 Å². The van der Waals surface area contributed by atoms with Crippen molar-refractivity contribution in [2.45, 2.75) is 6.92 Å². The number of esters is 1. The lowest BCUT2D eigenvalue weighted by atomic mass is 10.2. The van der Waals surface area contributed by atoms with Gasteiger partial charge in [0.25, 0.3) is 0 Å². The maximum atomic E-state index is 13.5. The summed E-state index contributed by atoms with van der Waals surface area (Å²) >= 11 is 2.96. The summed E-state index contributed by atoms with van der Waals surface area (Å²) in [5.41, 5.74) is -1.22. The van der Waals surface area contributed by atoms with E-state index in [1.807, 2.05) is 0 Å². The smallest absolute Gasteiger partial charge is 0.341 e. The highest BCUT2D eigenvalue weighted by molar-refractivity contribution is 9.10. The quantitative estimate of drug-likeness (QED) is 0.488. The van der Waals surface area contributed by atoms with Crippen molar-refractivity contribution in [2.24, 2.45) is 0 Å². The summed E-state index contributed by atoms with van der Waals surface area (Å²) in [5, 5.41) is 10.5. The van der Waals surface area contributed by atoms with Crippen molar-refractivity contribution < 1.29 is 18.8 Å². The standard InChI is InChI=1S/C9H7BrFNO4/c1-2-16-9(13)6-3-5(10)4-7(8(6)11)12(14)15/h3-4H,2H2,1H3. The monoisotopic (exact) mass is 291 g/mol. The fourth-order valence-electron chi connectivity index (χ4n) is 1.07. The average molecular weight is 292 g/mol. The number of hydrogen-bond acceptors (Lipinski definition) is 4. The number of nitro benzene ring substituents is 1. The SMILES string of the molecule is CCOC(=O)c1cc(Br)cc([N+](=O)[O-])c1F. The minimum atomic E-state index is -1.19. The number of rotatable bonds is 3. The zero-order valence-electron chi connectivity index (χ0n) is 8.20. The third kappa shape index (κ3) is 2.54. The van der Waals surface area contributed by atoms with Gasteiger partial charge in [-0.2, -0.15) is 4.39 Å². The number of carbonyl (C=O) groups is 1. The van der Waals surface area contributed by atoms with Crippen molar-refractivity contribution in [1.29, 1.82) is 0 Å². The number of halogens is 2. The van der Waals surface area contributed by atoms with Gasteiger partial charge in [-0.1, -0.05) is 15.9 Å². The molecule has 0 atom stereocenters. The number of benzene rings is 1. The number of nitro groups is 1. The highest BCUT2D eigenvalue weighted by Crippen LogP contribution is 2.26. The van der Waals surface area contributed by atoms with Gasteiger partial charge in [0.15, 0.2) is 0 Å². The van der Waals surface area contributed by atoms with Crippen LogP contribution in [0.1, 0.15) is 17.3 Å². The predicted molar refractivity (Wildman–Crippen MR) is 56.7 cm³/mol. The van der Waals surface area contributed by atoms with E-state index in [0.717, 1.165) is 12.1 Å². The van der Waals surface area contributed by atoms with Crippen LogP contribution in [0.25, 0.3) is 0 Å². The molecule has 0 spiro atoms. The van der Waals surface area contributed by atoms with E-state index in [2.05, 4.69) is 20.7 Å². The van der Waals surface area contributed by atoms with Crippen molar-refractivity contribution in [3.05, 3.63) is 38.1 Å². The second-order valence-electron chi connectivity index (χ2n) is 2.76. The lowest BCUT2D eigenvalue weighted by Gasteiger charge is -2.04. The van der Waals surface area contributed by atoms with E-state index < -0.39 is 28.0 Å². The fourth-order valence-corrected chi connectivity index (χ4v) is 1.51. The van der Waals surface area contributed by atoms with Crippen molar-refractivity contribution >= 4 is 27.6 Å². The Morgan fingerprint density at radius 3 is 2.75 bits per heavy atom. The molecule has 0 N–H and O–H groups in total. The van der Waals surface area contributed by atoms with Gasteiger partial charge in [-0.25, -0.2) is 4.79 Å². The highest BCUT2D eigenvalue weighted by atomic mass is 79.9. The average Bonchev–Trinajstić information content (AvgIpc) is 2.20. The summed E-state index contributed by atoms with van der Waals surface area (Å²) in [6.45, 7) is 1.63. The van der Waals surface area contributed by atoms with Crippen LogP contribution in [0.2, 0.25) is 0 Å². The molecule has 0 radical (unpaired) electrons. The lowest BCUT2D eigenvalue weighted by molar-refractivity contribution is -0.387. The van der Waals surface area contributed by atoms with E-state index in [4.69, 9.17) is 0 Å². The molecule has 5 nitrogen and oxygen atoms in total. The molecule has 0 aliphatic carbocycles. The molecule has 1 rings (SSSR count). The maximum absolute atomic E-state index is 13.5. The molecule has 7 heteroatoms. The van der Waals surface area contributed by atoms with E-state index in [0.29, 0.717) is 0 Å². The van der Waals surface area contributed by atoms with Gasteiger partial charge in [0.1, 0.15) is 5.56 Å². The molecular formula is C9H7BrFNO4. The van der Waals surface area contributed by atoms with Gasteiger partial charge in [0.05, 0.1) is 11.5 Å². The minimum absolute atomic E-state index is 0.0680. The Morgan fingerprint density at radius 2 is 2.25 bits per heavy atom. The molecule has 0 amide bonds. The van der Waals surface area contributed by atoms with Gasteiger partial charge in [-0.05, 0) is 13.0 Å². The second kappa shape index (κ2) is 5.02. The highest BCUT2D eigenvalue weighted by Gasteiger charge is 2.24. The van der Waals surface area contributed by atoms with Crippen molar-refractivity contribution in [1.82, 2.24) is 0 Å². The number of ether oxygens (including phenoxy) is 1. The molecule has 0 saturated carbocycles. The largest absolute Gasteiger partial charge is 0.462 e. The molecule has 0 bridgehead atoms. The topological polar surface area (TPSA) is 69.4 Å². The van der Waals surface area contributed by atoms with Crippen molar-refractivity contribution in [3.8, 4) is 0 Å². The second-order valence-corrected chi connectivity index (χ2v) is 3.68. The maximum Gasteiger partial charge on any atom is 0.341 e. The molecule has 16 heavy (non-hydrogen) atoms. The zero-order valence-corrected chi connectivity index (χ0v) is 9.78. The third-order valence-electron chi connectivity index (χ3n) is 1.71. The van der Waals surface area contributed by atoms with E-state index in [1.54, 1.807) is 6.92 Å². The van der Waals surface area contributed by atoms with Crippen LogP contribution in [0.4, 0.5) is 10.1 Å². The van der Waals surface area contributed by atoms with E-state index >= 15 is 0 Å². The van der Waals surface area contributed by atoms with Gasteiger partial charge in [0.2, 0.25) is 5.82 Å². The number of hydrogen-bond donors (Lipinski definition) is 0. The summed E-state index contributed by atoms with van der Waals surface area (Å²) in [7, 11) is 0. The molecule has 0 saturated heterocycles. The molecule has 0 heterocycles. The van der Waals surface area contributed by atoms with Crippen LogP contribution < -0.4 is 0 Å². The molecule has 0 fully saturated rings. The van der Waals surface area contributed by atoms with Gasteiger partial charge in [0, 0.05) is 10.5 Å². The van der Waals surface area contributed by atoms with Crippen LogP contribution in [0.3, 0.4) is 0 Å². The Balaban J connectivity index is 3.29. The third-order valence-corrected chi connectivity index (χ3v) is 2.17. The Labute approximate surface area is 98.5 Å². The Kier molecular flexibility index (Phi) is 3.94. The minimum Gasteiger partial charge on any atom is -0.462 e. The van der Waals surface area contributed by atoms with Crippen LogP contribution in [0.15, 0.2) is 16.6 Å². The number of carbonyl (C=O) groups excluding carboxylic acids is 1. The first kappa shape index (κ1) is 12.6. The summed E-state index contributed by atoms with van der Waals surface area (Å²) in [5.74, 6) is -2.11. The van der Waals surface area contributed by atoms with Crippen molar-refractivity contribution in [2.75, 3.05) is 6.61 Å². The first-order valence-corrected chi connectivity index (χ1v) is 5.07. The molecule has 0 aliphatic heterocycles. The summed E-state index contributed by atoms with van der Waals surface area (Å²) in [6.07, 6.45) is 0. The zero-order chi connectivity index (χ0) is 12.3. The van der Waals surface area contributed by atoms with Crippen molar-refractivity contribution in [3.63, 3.8) is 0 Å². The van der Waals surface area contributed by atoms with Crippen LogP contribution in [0, 0.1) is 15.9 Å². The molecule has 1 aromatic rings. The van der Waals surface area contributed by atoms with E-state index in [9.17, 15) is 19.3 Å². The van der Waals surface area contributed by atoms with Crippen LogP contribution in [0.5, 0.6) is 0 Å². The fraction of sp³-hybridized carbons (Fsp3) is 0.222.